The molecule has 0 saturated carbocycles. The molecule has 0 radical (unpaired) electrons. The van der Waals surface area contributed by atoms with Crippen LogP contribution in [0.25, 0.3) is 0 Å². The summed E-state index contributed by atoms with van der Waals surface area (Å²) in [5.41, 5.74) is 0.450. The number of hydrogen-bond donors (Lipinski definition) is 1. The van der Waals surface area contributed by atoms with Crippen LogP contribution >= 0.6 is 0 Å². The lowest BCUT2D eigenvalue weighted by Crippen LogP contribution is -2.30. The van der Waals surface area contributed by atoms with Gasteiger partial charge in [-0.2, -0.15) is 0 Å². The van der Waals surface area contributed by atoms with Crippen molar-refractivity contribution in [3.05, 3.63) is 0 Å². The van der Waals surface area contributed by atoms with Gasteiger partial charge < -0.3 is 5.32 Å². The van der Waals surface area contributed by atoms with Crippen molar-refractivity contribution in [3.63, 3.8) is 0 Å². The third-order valence-electron chi connectivity index (χ3n) is 2.60. The molecule has 1 atom stereocenters. The first kappa shape index (κ1) is 14.0. The van der Waals surface area contributed by atoms with Crippen LogP contribution in [0.4, 0.5) is 0 Å². The highest BCUT2D eigenvalue weighted by Gasteiger charge is 2.16. The molecule has 0 saturated heterocycles. The van der Waals surface area contributed by atoms with Crippen LogP contribution in [0.5, 0.6) is 0 Å². The van der Waals surface area contributed by atoms with Crippen molar-refractivity contribution in [2.24, 2.45) is 11.3 Å². The van der Waals surface area contributed by atoms with Gasteiger partial charge in [0, 0.05) is 6.04 Å². The summed E-state index contributed by atoms with van der Waals surface area (Å²) in [4.78, 5) is 0. The van der Waals surface area contributed by atoms with Gasteiger partial charge in [-0.1, -0.05) is 47.5 Å². The summed E-state index contributed by atoms with van der Waals surface area (Å²) >= 11 is 0. The molecule has 1 nitrogen and oxygen atoms in total. The molecule has 0 bridgehead atoms. The Balaban J connectivity index is 3.69. The van der Waals surface area contributed by atoms with E-state index in [1.807, 2.05) is 0 Å². The SMILES string of the molecule is CNC(CCCC(C)C)CC(C)(C)C. The van der Waals surface area contributed by atoms with Gasteiger partial charge >= 0.3 is 0 Å². The Hall–Kier alpha value is -0.0400. The van der Waals surface area contributed by atoms with Gasteiger partial charge in [0.2, 0.25) is 0 Å². The van der Waals surface area contributed by atoms with Crippen molar-refractivity contribution in [2.45, 2.75) is 66.3 Å². The van der Waals surface area contributed by atoms with Gasteiger partial charge in [-0.3, -0.25) is 0 Å². The molecule has 0 aliphatic carbocycles. The highest BCUT2D eigenvalue weighted by atomic mass is 14.9. The van der Waals surface area contributed by atoms with Crippen molar-refractivity contribution in [1.82, 2.24) is 5.32 Å². The molecule has 0 amide bonds. The fraction of sp³-hybridized carbons (Fsp3) is 1.00. The molecular weight excluding hydrogens is 170 g/mol. The van der Waals surface area contributed by atoms with Gasteiger partial charge in [0.1, 0.15) is 0 Å². The van der Waals surface area contributed by atoms with Crippen LogP contribution in [-0.4, -0.2) is 13.1 Å². The average Bonchev–Trinajstić information content (AvgIpc) is 1.99. The Kier molecular flexibility index (Phi) is 6.43. The zero-order valence-electron chi connectivity index (χ0n) is 11.0. The van der Waals surface area contributed by atoms with Crippen LogP contribution in [0.2, 0.25) is 0 Å². The van der Waals surface area contributed by atoms with Crippen LogP contribution in [0.3, 0.4) is 0 Å². The second-order valence-electron chi connectivity index (χ2n) is 6.08. The van der Waals surface area contributed by atoms with Crippen LogP contribution in [0, 0.1) is 11.3 Å². The molecule has 0 fully saturated rings. The minimum absolute atomic E-state index is 0.450. The monoisotopic (exact) mass is 199 g/mol. The summed E-state index contributed by atoms with van der Waals surface area (Å²) in [7, 11) is 2.09. The molecule has 0 spiro atoms. The Labute approximate surface area is 90.7 Å². The summed E-state index contributed by atoms with van der Waals surface area (Å²) < 4.78 is 0. The molecule has 0 aliphatic rings. The predicted molar refractivity (Wildman–Crippen MR) is 65.6 cm³/mol. The lowest BCUT2D eigenvalue weighted by molar-refractivity contribution is 0.300. The van der Waals surface area contributed by atoms with Crippen molar-refractivity contribution in [3.8, 4) is 0 Å². The maximum atomic E-state index is 3.43. The molecule has 1 N–H and O–H groups in total. The maximum Gasteiger partial charge on any atom is 0.00690 e. The van der Waals surface area contributed by atoms with E-state index in [0.29, 0.717) is 11.5 Å². The summed E-state index contributed by atoms with van der Waals surface area (Å²) in [5, 5.41) is 3.43. The highest BCUT2D eigenvalue weighted by Crippen LogP contribution is 2.23. The second kappa shape index (κ2) is 6.44. The number of nitrogens with one attached hydrogen (secondary N) is 1. The van der Waals surface area contributed by atoms with Crippen LogP contribution < -0.4 is 5.32 Å². The van der Waals surface area contributed by atoms with Crippen molar-refractivity contribution in [2.75, 3.05) is 7.05 Å². The van der Waals surface area contributed by atoms with Crippen LogP contribution in [-0.2, 0) is 0 Å². The van der Waals surface area contributed by atoms with E-state index in [-0.39, 0.29) is 0 Å². The Morgan fingerprint density at radius 2 is 1.64 bits per heavy atom. The third-order valence-corrected chi connectivity index (χ3v) is 2.60. The molecule has 0 rings (SSSR count). The summed E-state index contributed by atoms with van der Waals surface area (Å²) in [6.07, 6.45) is 5.33. The molecule has 0 aliphatic heterocycles. The zero-order chi connectivity index (χ0) is 11.2. The van der Waals surface area contributed by atoms with Gasteiger partial charge in [0.15, 0.2) is 0 Å². The molecule has 0 aromatic heterocycles. The van der Waals surface area contributed by atoms with E-state index in [1.54, 1.807) is 0 Å². The minimum Gasteiger partial charge on any atom is -0.317 e. The van der Waals surface area contributed by atoms with Gasteiger partial charge in [0.25, 0.3) is 0 Å². The molecule has 1 heteroatoms. The predicted octanol–water partition coefficient (Wildman–Crippen LogP) is 3.84. The Morgan fingerprint density at radius 3 is 2.00 bits per heavy atom. The largest absolute Gasteiger partial charge is 0.317 e. The lowest BCUT2D eigenvalue weighted by Gasteiger charge is -2.25. The van der Waals surface area contributed by atoms with Gasteiger partial charge in [0.05, 0.1) is 0 Å². The van der Waals surface area contributed by atoms with E-state index in [9.17, 15) is 0 Å². The molecule has 14 heavy (non-hydrogen) atoms. The molecular formula is C13H29N. The highest BCUT2D eigenvalue weighted by molar-refractivity contribution is 4.73. The Morgan fingerprint density at radius 1 is 1.07 bits per heavy atom. The molecule has 0 heterocycles. The van der Waals surface area contributed by atoms with Crippen molar-refractivity contribution in [1.29, 1.82) is 0 Å². The van der Waals surface area contributed by atoms with E-state index in [2.05, 4.69) is 47.0 Å². The quantitative estimate of drug-likeness (QED) is 0.685. The number of rotatable bonds is 6. The molecule has 0 aromatic rings. The first-order chi connectivity index (χ1) is 6.35. The summed E-state index contributed by atoms with van der Waals surface area (Å²) in [5.74, 6) is 0.849. The standard InChI is InChI=1S/C13H29N/c1-11(2)8-7-9-12(14-6)10-13(3,4)5/h11-12,14H,7-10H2,1-6H3. The van der Waals surface area contributed by atoms with Crippen molar-refractivity contribution < 1.29 is 0 Å². The van der Waals surface area contributed by atoms with Gasteiger partial charge in [-0.15, -0.1) is 0 Å². The number of hydrogen-bond acceptors (Lipinski definition) is 1. The van der Waals surface area contributed by atoms with E-state index in [4.69, 9.17) is 0 Å². The topological polar surface area (TPSA) is 12.0 Å². The molecule has 1 unspecified atom stereocenters. The Bertz CT molecular complexity index is 133. The van der Waals surface area contributed by atoms with E-state index >= 15 is 0 Å². The third kappa shape index (κ3) is 8.55. The fourth-order valence-corrected chi connectivity index (χ4v) is 1.86. The first-order valence-electron chi connectivity index (χ1n) is 6.02. The van der Waals surface area contributed by atoms with Crippen LogP contribution in [0.15, 0.2) is 0 Å². The lowest BCUT2D eigenvalue weighted by atomic mass is 9.86. The smallest absolute Gasteiger partial charge is 0.00690 e. The summed E-state index contributed by atoms with van der Waals surface area (Å²) in [6.45, 7) is 11.6. The van der Waals surface area contributed by atoms with E-state index in [0.717, 1.165) is 5.92 Å². The first-order valence-corrected chi connectivity index (χ1v) is 6.02. The average molecular weight is 199 g/mol. The second-order valence-corrected chi connectivity index (χ2v) is 6.08. The fourth-order valence-electron chi connectivity index (χ4n) is 1.86. The van der Waals surface area contributed by atoms with Crippen molar-refractivity contribution >= 4 is 0 Å². The zero-order valence-corrected chi connectivity index (χ0v) is 11.0. The minimum atomic E-state index is 0.450. The van der Waals surface area contributed by atoms with Crippen LogP contribution in [0.1, 0.15) is 60.3 Å². The van der Waals surface area contributed by atoms with E-state index in [1.165, 1.54) is 25.7 Å². The van der Waals surface area contributed by atoms with Gasteiger partial charge in [-0.05, 0) is 31.2 Å². The normalized spacial score (nSPS) is 14.8. The maximum absolute atomic E-state index is 3.43. The summed E-state index contributed by atoms with van der Waals surface area (Å²) in [6, 6.07) is 0.703. The molecule has 86 valence electrons. The van der Waals surface area contributed by atoms with Gasteiger partial charge in [-0.25, -0.2) is 0 Å². The molecule has 0 aromatic carbocycles. The van der Waals surface area contributed by atoms with E-state index < -0.39 is 0 Å².